The van der Waals surface area contributed by atoms with Crippen molar-refractivity contribution in [3.8, 4) is 0 Å². The average Bonchev–Trinajstić information content (AvgIpc) is 2.92. The molecule has 0 unspecified atom stereocenters. The van der Waals surface area contributed by atoms with Crippen LogP contribution in [-0.2, 0) is 11.8 Å². The van der Waals surface area contributed by atoms with Gasteiger partial charge >= 0.3 is 0 Å². The second kappa shape index (κ2) is 5.48. The van der Waals surface area contributed by atoms with Gasteiger partial charge in [-0.05, 0) is 32.3 Å². The molecule has 7 heteroatoms. The van der Waals surface area contributed by atoms with E-state index >= 15 is 0 Å². The molecule has 0 aliphatic carbocycles. The second-order valence-corrected chi connectivity index (χ2v) is 6.38. The van der Waals surface area contributed by atoms with Crippen LogP contribution in [0.15, 0.2) is 6.07 Å². The molecule has 2 N–H and O–H groups in total. The minimum Gasteiger partial charge on any atom is -0.354 e. The molecule has 1 fully saturated rings. The van der Waals surface area contributed by atoms with Crippen LogP contribution in [-0.4, -0.2) is 34.2 Å². The van der Waals surface area contributed by atoms with E-state index < -0.39 is 6.04 Å². The number of carbonyl (C=O) groups is 2. The number of amides is 2. The van der Waals surface area contributed by atoms with Crippen molar-refractivity contribution in [2.75, 3.05) is 6.54 Å². The highest BCUT2D eigenvalue weighted by Gasteiger charge is 2.24. The number of carbonyl (C=O) groups excluding carboxylic acids is 2. The van der Waals surface area contributed by atoms with Crippen molar-refractivity contribution in [2.24, 2.45) is 7.05 Å². The first-order chi connectivity index (χ1) is 10.1. The number of rotatable bonds is 2. The van der Waals surface area contributed by atoms with Gasteiger partial charge in [-0.3, -0.25) is 14.3 Å². The molecule has 1 atom stereocenters. The van der Waals surface area contributed by atoms with Gasteiger partial charge in [0.1, 0.15) is 10.9 Å². The molecule has 2 amide bonds. The van der Waals surface area contributed by atoms with Crippen molar-refractivity contribution in [1.29, 1.82) is 0 Å². The molecule has 0 saturated carbocycles. The fourth-order valence-electron chi connectivity index (χ4n) is 2.62. The van der Waals surface area contributed by atoms with E-state index in [0.29, 0.717) is 17.8 Å². The van der Waals surface area contributed by atoms with Crippen molar-refractivity contribution in [3.63, 3.8) is 0 Å². The Labute approximate surface area is 126 Å². The summed E-state index contributed by atoms with van der Waals surface area (Å²) in [7, 11) is 1.87. The van der Waals surface area contributed by atoms with Crippen molar-refractivity contribution in [2.45, 2.75) is 32.2 Å². The Kier molecular flexibility index (Phi) is 3.67. The molecule has 0 aromatic carbocycles. The SMILES string of the molecule is Cc1nn(C)c2sc(C(=O)N[C@H]3CCCCNC3=O)cc12. The van der Waals surface area contributed by atoms with Gasteiger partial charge in [0, 0.05) is 19.0 Å². The van der Waals surface area contributed by atoms with Gasteiger partial charge in [0.2, 0.25) is 5.91 Å². The molecule has 21 heavy (non-hydrogen) atoms. The van der Waals surface area contributed by atoms with E-state index in [9.17, 15) is 9.59 Å². The summed E-state index contributed by atoms with van der Waals surface area (Å²) in [4.78, 5) is 25.8. The van der Waals surface area contributed by atoms with Gasteiger partial charge in [-0.15, -0.1) is 11.3 Å². The van der Waals surface area contributed by atoms with Crippen LogP contribution in [0.5, 0.6) is 0 Å². The van der Waals surface area contributed by atoms with Gasteiger partial charge in [0.15, 0.2) is 0 Å². The molecule has 0 radical (unpaired) electrons. The van der Waals surface area contributed by atoms with Crippen LogP contribution in [0.3, 0.4) is 0 Å². The summed E-state index contributed by atoms with van der Waals surface area (Å²) in [5.41, 5.74) is 0.912. The number of hydrogen-bond donors (Lipinski definition) is 2. The Morgan fingerprint density at radius 3 is 3.10 bits per heavy atom. The summed E-state index contributed by atoms with van der Waals surface area (Å²) in [6, 6.07) is 1.43. The maximum atomic E-state index is 12.4. The summed E-state index contributed by atoms with van der Waals surface area (Å²) in [6.07, 6.45) is 2.61. The number of thiophene rings is 1. The molecule has 0 bridgehead atoms. The van der Waals surface area contributed by atoms with E-state index in [0.717, 1.165) is 28.8 Å². The maximum Gasteiger partial charge on any atom is 0.262 e. The van der Waals surface area contributed by atoms with Gasteiger partial charge in [0.05, 0.1) is 10.6 Å². The smallest absolute Gasteiger partial charge is 0.262 e. The van der Waals surface area contributed by atoms with Crippen molar-refractivity contribution in [3.05, 3.63) is 16.6 Å². The van der Waals surface area contributed by atoms with Gasteiger partial charge in [0.25, 0.3) is 5.91 Å². The lowest BCUT2D eigenvalue weighted by atomic mass is 10.1. The summed E-state index contributed by atoms with van der Waals surface area (Å²) >= 11 is 1.40. The lowest BCUT2D eigenvalue weighted by Gasteiger charge is -2.14. The van der Waals surface area contributed by atoms with Crippen molar-refractivity contribution in [1.82, 2.24) is 20.4 Å². The van der Waals surface area contributed by atoms with Crippen molar-refractivity contribution >= 4 is 33.4 Å². The fraction of sp³-hybridized carbons (Fsp3) is 0.500. The molecule has 1 aliphatic rings. The zero-order valence-corrected chi connectivity index (χ0v) is 12.9. The van der Waals surface area contributed by atoms with E-state index in [4.69, 9.17) is 0 Å². The molecule has 3 rings (SSSR count). The Hall–Kier alpha value is -1.89. The van der Waals surface area contributed by atoms with Crippen LogP contribution in [0.1, 0.15) is 34.6 Å². The summed E-state index contributed by atoms with van der Waals surface area (Å²) < 4.78 is 1.78. The number of hydrogen-bond acceptors (Lipinski definition) is 4. The minimum absolute atomic E-state index is 0.0835. The normalized spacial score (nSPS) is 19.3. The van der Waals surface area contributed by atoms with E-state index in [-0.39, 0.29) is 11.8 Å². The number of aryl methyl sites for hydroxylation is 2. The monoisotopic (exact) mass is 306 g/mol. The lowest BCUT2D eigenvalue weighted by molar-refractivity contribution is -0.122. The Morgan fingerprint density at radius 1 is 1.52 bits per heavy atom. The fourth-order valence-corrected chi connectivity index (χ4v) is 3.65. The Morgan fingerprint density at radius 2 is 2.33 bits per heavy atom. The standard InChI is InChI=1S/C14H18N4O2S/c1-8-9-7-11(21-14(9)18(2)17-8)13(20)16-10-5-3-4-6-15-12(10)19/h7,10H,3-6H2,1-2H3,(H,15,19)(H,16,20)/t10-/m0/s1. The van der Waals surface area contributed by atoms with E-state index in [2.05, 4.69) is 15.7 Å². The van der Waals surface area contributed by atoms with Gasteiger partial charge in [-0.2, -0.15) is 5.10 Å². The highest BCUT2D eigenvalue weighted by molar-refractivity contribution is 7.20. The number of aromatic nitrogens is 2. The molecule has 1 aliphatic heterocycles. The van der Waals surface area contributed by atoms with Gasteiger partial charge in [-0.1, -0.05) is 0 Å². The average molecular weight is 306 g/mol. The third-order valence-electron chi connectivity index (χ3n) is 3.76. The van der Waals surface area contributed by atoms with Crippen LogP contribution in [0.25, 0.3) is 10.2 Å². The summed E-state index contributed by atoms with van der Waals surface area (Å²) in [6.45, 7) is 2.62. The molecule has 6 nitrogen and oxygen atoms in total. The Bertz CT molecular complexity index is 669. The largest absolute Gasteiger partial charge is 0.354 e. The van der Waals surface area contributed by atoms with Crippen molar-refractivity contribution < 1.29 is 9.59 Å². The summed E-state index contributed by atoms with van der Waals surface area (Å²) in [5.74, 6) is -0.266. The predicted molar refractivity (Wildman–Crippen MR) is 81.4 cm³/mol. The van der Waals surface area contributed by atoms with Gasteiger partial charge in [-0.25, -0.2) is 0 Å². The molecule has 2 aromatic rings. The second-order valence-electron chi connectivity index (χ2n) is 5.35. The van der Waals surface area contributed by atoms with Crippen LogP contribution in [0.2, 0.25) is 0 Å². The third kappa shape index (κ3) is 2.65. The van der Waals surface area contributed by atoms with Crippen LogP contribution < -0.4 is 10.6 Å². The molecule has 112 valence electrons. The highest BCUT2D eigenvalue weighted by Crippen LogP contribution is 2.27. The topological polar surface area (TPSA) is 76.0 Å². The minimum atomic E-state index is -0.426. The number of fused-ring (bicyclic) bond motifs is 1. The Balaban J connectivity index is 1.80. The van der Waals surface area contributed by atoms with Crippen LogP contribution >= 0.6 is 11.3 Å². The highest BCUT2D eigenvalue weighted by atomic mass is 32.1. The quantitative estimate of drug-likeness (QED) is 0.879. The maximum absolute atomic E-state index is 12.4. The summed E-state index contributed by atoms with van der Waals surface area (Å²) in [5, 5.41) is 11.0. The first-order valence-corrected chi connectivity index (χ1v) is 7.89. The molecule has 2 aromatic heterocycles. The zero-order valence-electron chi connectivity index (χ0n) is 12.1. The molecular formula is C14H18N4O2S. The van der Waals surface area contributed by atoms with E-state index in [1.165, 1.54) is 11.3 Å². The predicted octanol–water partition coefficient (Wildman–Crippen LogP) is 1.34. The molecule has 1 saturated heterocycles. The first kappa shape index (κ1) is 14.1. The first-order valence-electron chi connectivity index (χ1n) is 7.08. The zero-order chi connectivity index (χ0) is 15.0. The number of nitrogens with zero attached hydrogens (tertiary/aromatic N) is 2. The molecular weight excluding hydrogens is 288 g/mol. The van der Waals surface area contributed by atoms with Crippen LogP contribution in [0.4, 0.5) is 0 Å². The lowest BCUT2D eigenvalue weighted by Crippen LogP contribution is -2.45. The molecule has 3 heterocycles. The van der Waals surface area contributed by atoms with E-state index in [1.807, 2.05) is 20.0 Å². The van der Waals surface area contributed by atoms with Crippen LogP contribution in [0, 0.1) is 6.92 Å². The van der Waals surface area contributed by atoms with Gasteiger partial charge < -0.3 is 10.6 Å². The van der Waals surface area contributed by atoms with E-state index in [1.54, 1.807) is 4.68 Å². The molecule has 0 spiro atoms. The third-order valence-corrected chi connectivity index (χ3v) is 4.96. The number of nitrogens with one attached hydrogen (secondary N) is 2.